The van der Waals surface area contributed by atoms with E-state index in [1.165, 1.54) is 22.3 Å². The molecule has 2 saturated heterocycles. The lowest BCUT2D eigenvalue weighted by Gasteiger charge is -2.51. The van der Waals surface area contributed by atoms with Crippen LogP contribution in [0.5, 0.6) is 0 Å². The van der Waals surface area contributed by atoms with E-state index in [-0.39, 0.29) is 22.0 Å². The predicted molar refractivity (Wildman–Crippen MR) is 142 cm³/mol. The van der Waals surface area contributed by atoms with Crippen LogP contribution >= 0.6 is 0 Å². The second-order valence-corrected chi connectivity index (χ2v) is 11.9. The Morgan fingerprint density at radius 1 is 0.714 bits per heavy atom. The first-order valence-corrected chi connectivity index (χ1v) is 13.2. The maximum atomic E-state index is 6.38. The van der Waals surface area contributed by atoms with Crippen LogP contribution in [0.2, 0.25) is 0 Å². The van der Waals surface area contributed by atoms with Crippen molar-refractivity contribution in [3.63, 3.8) is 0 Å². The van der Waals surface area contributed by atoms with E-state index in [4.69, 9.17) is 18.9 Å². The third-order valence-electron chi connectivity index (χ3n) is 8.52. The Kier molecular flexibility index (Phi) is 7.78. The van der Waals surface area contributed by atoms with Crippen LogP contribution in [-0.2, 0) is 32.0 Å². The molecule has 0 bridgehead atoms. The fourth-order valence-corrected chi connectivity index (χ4v) is 5.02. The third kappa shape index (κ3) is 5.83. The van der Waals surface area contributed by atoms with Gasteiger partial charge in [-0.3, -0.25) is 0 Å². The van der Waals surface area contributed by atoms with Gasteiger partial charge < -0.3 is 18.9 Å². The molecule has 35 heavy (non-hydrogen) atoms. The Morgan fingerprint density at radius 2 is 1.26 bits per heavy atom. The fourth-order valence-electron chi connectivity index (χ4n) is 5.02. The number of ether oxygens (including phenoxy) is 4. The first-order chi connectivity index (χ1) is 16.6. The summed E-state index contributed by atoms with van der Waals surface area (Å²) in [6.45, 7) is 17.9. The van der Waals surface area contributed by atoms with E-state index in [1.54, 1.807) is 0 Å². The van der Waals surface area contributed by atoms with Gasteiger partial charge in [0.25, 0.3) is 0 Å². The average Bonchev–Trinajstić information content (AvgIpc) is 2.77. The Hall–Kier alpha value is -1.72. The molecule has 0 amide bonds. The second kappa shape index (κ2) is 10.3. The summed E-state index contributed by atoms with van der Waals surface area (Å²) < 4.78 is 23.7. The molecule has 2 aromatic carbocycles. The zero-order valence-electron chi connectivity index (χ0n) is 22.6. The molecule has 0 atom stereocenters. The molecule has 0 radical (unpaired) electrons. The maximum Gasteiger partial charge on any atom is 0.0731 e. The van der Waals surface area contributed by atoms with Crippen LogP contribution in [0.3, 0.4) is 0 Å². The first-order valence-electron chi connectivity index (χ1n) is 13.2. The lowest BCUT2D eigenvalue weighted by molar-refractivity contribution is -0.232. The zero-order valence-corrected chi connectivity index (χ0v) is 22.6. The highest BCUT2D eigenvalue weighted by Crippen LogP contribution is 2.44. The number of rotatable bonds is 12. The highest BCUT2D eigenvalue weighted by molar-refractivity contribution is 5.64. The van der Waals surface area contributed by atoms with Crippen LogP contribution in [0.1, 0.15) is 65.5 Å². The molecule has 0 aromatic heterocycles. The Labute approximate surface area is 212 Å². The molecule has 0 spiro atoms. The van der Waals surface area contributed by atoms with E-state index < -0.39 is 0 Å². The van der Waals surface area contributed by atoms with Crippen LogP contribution in [0, 0.1) is 10.8 Å². The molecule has 2 aliphatic rings. The smallest absolute Gasteiger partial charge is 0.0731 e. The standard InChI is InChI=1S/C31H44O4/c1-7-30(19-32-20-30)21-35-28(3,4)17-24-9-13-26(14-10-24)27-15-11-25(12-16-27)18-34-29(5,6)31(8-2)22-33-23-31/h9-16H,7-8,17-23H2,1-6H3. The minimum Gasteiger partial charge on any atom is -0.380 e. The van der Waals surface area contributed by atoms with Gasteiger partial charge in [0.2, 0.25) is 0 Å². The maximum absolute atomic E-state index is 6.38. The van der Waals surface area contributed by atoms with Crippen molar-refractivity contribution < 1.29 is 18.9 Å². The lowest BCUT2D eigenvalue weighted by atomic mass is 9.70. The average molecular weight is 481 g/mol. The van der Waals surface area contributed by atoms with Crippen LogP contribution < -0.4 is 0 Å². The van der Waals surface area contributed by atoms with Crippen molar-refractivity contribution in [3.05, 3.63) is 59.7 Å². The van der Waals surface area contributed by atoms with E-state index in [9.17, 15) is 0 Å². The molecule has 0 aliphatic carbocycles. The van der Waals surface area contributed by atoms with Crippen LogP contribution in [0.4, 0.5) is 0 Å². The van der Waals surface area contributed by atoms with E-state index in [2.05, 4.69) is 90.1 Å². The number of benzene rings is 2. The Morgan fingerprint density at radius 3 is 1.69 bits per heavy atom. The largest absolute Gasteiger partial charge is 0.380 e. The molecule has 4 rings (SSSR count). The van der Waals surface area contributed by atoms with Crippen molar-refractivity contribution in [1.29, 1.82) is 0 Å². The summed E-state index contributed by atoms with van der Waals surface area (Å²) in [6.07, 6.45) is 3.08. The minimum absolute atomic E-state index is 0.136. The van der Waals surface area contributed by atoms with E-state index >= 15 is 0 Å². The van der Waals surface area contributed by atoms with E-state index in [0.29, 0.717) is 6.61 Å². The van der Waals surface area contributed by atoms with Gasteiger partial charge in [-0.05, 0) is 62.8 Å². The molecule has 2 heterocycles. The molecule has 4 nitrogen and oxygen atoms in total. The highest BCUT2D eigenvalue weighted by Gasteiger charge is 2.50. The molecule has 192 valence electrons. The van der Waals surface area contributed by atoms with Crippen LogP contribution in [-0.4, -0.2) is 44.2 Å². The molecule has 2 fully saturated rings. The van der Waals surface area contributed by atoms with Crippen molar-refractivity contribution in [2.45, 2.75) is 78.6 Å². The Bertz CT molecular complexity index is 939. The van der Waals surface area contributed by atoms with Crippen molar-refractivity contribution in [2.24, 2.45) is 10.8 Å². The normalized spacial score (nSPS) is 19.1. The van der Waals surface area contributed by atoms with Crippen LogP contribution in [0.25, 0.3) is 11.1 Å². The number of hydrogen-bond acceptors (Lipinski definition) is 4. The van der Waals surface area contributed by atoms with E-state index in [0.717, 1.165) is 52.3 Å². The molecule has 2 aromatic rings. The van der Waals surface area contributed by atoms with Gasteiger partial charge in [0, 0.05) is 17.3 Å². The van der Waals surface area contributed by atoms with Gasteiger partial charge in [-0.15, -0.1) is 0 Å². The lowest BCUT2D eigenvalue weighted by Crippen LogP contribution is -2.57. The molecule has 0 saturated carbocycles. The number of hydrogen-bond donors (Lipinski definition) is 0. The van der Waals surface area contributed by atoms with Crippen molar-refractivity contribution in [1.82, 2.24) is 0 Å². The monoisotopic (exact) mass is 480 g/mol. The van der Waals surface area contributed by atoms with Gasteiger partial charge in [-0.25, -0.2) is 0 Å². The summed E-state index contributed by atoms with van der Waals surface area (Å²) >= 11 is 0. The van der Waals surface area contributed by atoms with Gasteiger partial charge in [0.05, 0.1) is 50.8 Å². The van der Waals surface area contributed by atoms with Crippen molar-refractivity contribution >= 4 is 0 Å². The van der Waals surface area contributed by atoms with Crippen molar-refractivity contribution in [3.8, 4) is 11.1 Å². The van der Waals surface area contributed by atoms with E-state index in [1.807, 2.05) is 0 Å². The summed E-state index contributed by atoms with van der Waals surface area (Å²) in [6, 6.07) is 17.6. The van der Waals surface area contributed by atoms with Gasteiger partial charge in [0.1, 0.15) is 0 Å². The highest BCUT2D eigenvalue weighted by atomic mass is 16.5. The predicted octanol–water partition coefficient (Wildman–Crippen LogP) is 6.84. The summed E-state index contributed by atoms with van der Waals surface area (Å²) in [5.74, 6) is 0. The molecular weight excluding hydrogens is 436 g/mol. The minimum atomic E-state index is -0.200. The quantitative estimate of drug-likeness (QED) is 0.333. The summed E-state index contributed by atoms with van der Waals surface area (Å²) in [7, 11) is 0. The fraction of sp³-hybridized carbons (Fsp3) is 0.613. The summed E-state index contributed by atoms with van der Waals surface area (Å²) in [5.41, 5.74) is 4.91. The van der Waals surface area contributed by atoms with Gasteiger partial charge in [-0.1, -0.05) is 62.4 Å². The first kappa shape index (κ1) is 26.3. The summed E-state index contributed by atoms with van der Waals surface area (Å²) in [4.78, 5) is 0. The van der Waals surface area contributed by atoms with Crippen LogP contribution in [0.15, 0.2) is 48.5 Å². The Balaban J connectivity index is 1.31. The van der Waals surface area contributed by atoms with Crippen molar-refractivity contribution in [2.75, 3.05) is 33.0 Å². The second-order valence-electron chi connectivity index (χ2n) is 11.9. The molecular formula is C31H44O4. The zero-order chi connectivity index (χ0) is 25.2. The third-order valence-corrected chi connectivity index (χ3v) is 8.52. The SMILES string of the molecule is CCC1(COC(C)(C)Cc2ccc(-c3ccc(COC(C)(C)C4(CC)COC4)cc3)cc2)COC1. The van der Waals surface area contributed by atoms with Gasteiger partial charge in [0.15, 0.2) is 0 Å². The summed E-state index contributed by atoms with van der Waals surface area (Å²) in [5, 5.41) is 0. The molecule has 2 aliphatic heterocycles. The molecule has 0 N–H and O–H groups in total. The van der Waals surface area contributed by atoms with Gasteiger partial charge >= 0.3 is 0 Å². The molecule has 0 unspecified atom stereocenters. The van der Waals surface area contributed by atoms with Gasteiger partial charge in [-0.2, -0.15) is 0 Å². The topological polar surface area (TPSA) is 36.9 Å². The molecule has 4 heteroatoms.